The summed E-state index contributed by atoms with van der Waals surface area (Å²) in [5.41, 5.74) is 4.14. The number of morpholine rings is 1. The fourth-order valence-electron chi connectivity index (χ4n) is 3.28. The van der Waals surface area contributed by atoms with Crippen molar-refractivity contribution in [1.82, 2.24) is 14.9 Å². The molecule has 2 aromatic carbocycles. The van der Waals surface area contributed by atoms with Crippen LogP contribution in [0.2, 0.25) is 0 Å². The van der Waals surface area contributed by atoms with Crippen molar-refractivity contribution in [3.8, 4) is 11.8 Å². The second-order valence-corrected chi connectivity index (χ2v) is 7.13. The molecule has 2 heterocycles. The lowest BCUT2D eigenvalue weighted by Gasteiger charge is -2.26. The number of nitriles is 1. The number of nitrogens with zero attached hydrogens (tertiary/aromatic N) is 3. The van der Waals surface area contributed by atoms with Crippen molar-refractivity contribution in [3.05, 3.63) is 59.4 Å². The van der Waals surface area contributed by atoms with Crippen molar-refractivity contribution in [2.24, 2.45) is 0 Å². The number of aromatic amines is 1. The van der Waals surface area contributed by atoms with Crippen LogP contribution in [0.3, 0.4) is 0 Å². The molecule has 1 N–H and O–H groups in total. The zero-order valence-corrected chi connectivity index (χ0v) is 17.9. The molecular weight excluding hydrogens is 416 g/mol. The third-order valence-corrected chi connectivity index (χ3v) is 4.93. The van der Waals surface area contributed by atoms with Crippen LogP contribution >= 0.6 is 12.4 Å². The molecule has 4 rings (SSSR count). The van der Waals surface area contributed by atoms with Gasteiger partial charge in [0.2, 0.25) is 0 Å². The van der Waals surface area contributed by atoms with Crippen molar-refractivity contribution in [3.63, 3.8) is 0 Å². The van der Waals surface area contributed by atoms with Gasteiger partial charge in [0.25, 0.3) is 5.91 Å². The summed E-state index contributed by atoms with van der Waals surface area (Å²) in [6.07, 6.45) is 1.77. The molecule has 3 aromatic rings. The van der Waals surface area contributed by atoms with E-state index < -0.39 is 0 Å². The summed E-state index contributed by atoms with van der Waals surface area (Å²) < 4.78 is 10.9. The van der Waals surface area contributed by atoms with Crippen LogP contribution in [0, 0.1) is 18.3 Å². The molecule has 0 bridgehead atoms. The van der Waals surface area contributed by atoms with Gasteiger partial charge in [-0.2, -0.15) is 5.26 Å². The van der Waals surface area contributed by atoms with Gasteiger partial charge in [0, 0.05) is 13.1 Å². The third-order valence-electron chi connectivity index (χ3n) is 4.93. The Balaban J connectivity index is 0.00000272. The molecule has 0 aliphatic carbocycles. The van der Waals surface area contributed by atoms with E-state index in [1.165, 1.54) is 0 Å². The number of aryl methyl sites for hydroxylation is 1. The minimum absolute atomic E-state index is 0. The molecule has 0 atom stereocenters. The van der Waals surface area contributed by atoms with Crippen LogP contribution in [0.15, 0.2) is 42.5 Å². The molecule has 0 radical (unpaired) electrons. The molecule has 1 amide bonds. The van der Waals surface area contributed by atoms with Gasteiger partial charge in [0.05, 0.1) is 29.8 Å². The molecule has 0 unspecified atom stereocenters. The van der Waals surface area contributed by atoms with Gasteiger partial charge < -0.3 is 19.4 Å². The SMILES string of the molecule is Cc1ccc2nc(/C(C#N)=C/c3ccc(OCC(=O)N4CCOCC4)cc3)[nH]c2c1.Cl. The number of ether oxygens (including phenoxy) is 2. The Labute approximate surface area is 186 Å². The number of allylic oxidation sites excluding steroid dienone is 1. The summed E-state index contributed by atoms with van der Waals surface area (Å²) in [4.78, 5) is 21.6. The first-order valence-electron chi connectivity index (χ1n) is 9.79. The Kier molecular flexibility index (Phi) is 7.29. The fourth-order valence-corrected chi connectivity index (χ4v) is 3.28. The maximum atomic E-state index is 12.2. The van der Waals surface area contributed by atoms with Crippen LogP contribution in [0.5, 0.6) is 5.75 Å². The number of carbonyl (C=O) groups excluding carboxylic acids is 1. The highest BCUT2D eigenvalue weighted by molar-refractivity contribution is 5.90. The van der Waals surface area contributed by atoms with Crippen LogP contribution < -0.4 is 4.74 Å². The van der Waals surface area contributed by atoms with Crippen molar-refractivity contribution >= 4 is 41.0 Å². The number of nitrogens with one attached hydrogen (secondary N) is 1. The molecule has 8 heteroatoms. The highest BCUT2D eigenvalue weighted by Gasteiger charge is 2.17. The van der Waals surface area contributed by atoms with E-state index in [0.717, 1.165) is 22.2 Å². The fraction of sp³-hybridized carbons (Fsp3) is 0.261. The summed E-state index contributed by atoms with van der Waals surface area (Å²) in [6.45, 7) is 4.35. The zero-order valence-electron chi connectivity index (χ0n) is 17.1. The highest BCUT2D eigenvalue weighted by Crippen LogP contribution is 2.21. The molecule has 31 heavy (non-hydrogen) atoms. The van der Waals surface area contributed by atoms with Gasteiger partial charge in [-0.1, -0.05) is 18.2 Å². The molecule has 1 aliphatic rings. The summed E-state index contributed by atoms with van der Waals surface area (Å²) in [5.74, 6) is 1.09. The first kappa shape index (κ1) is 22.3. The number of fused-ring (bicyclic) bond motifs is 1. The topological polar surface area (TPSA) is 91.2 Å². The van der Waals surface area contributed by atoms with E-state index in [-0.39, 0.29) is 24.9 Å². The van der Waals surface area contributed by atoms with Crippen LogP contribution in [-0.4, -0.2) is 53.7 Å². The molecule has 1 aliphatic heterocycles. The third kappa shape index (κ3) is 5.43. The number of H-pyrrole nitrogens is 1. The molecule has 0 spiro atoms. The first-order valence-corrected chi connectivity index (χ1v) is 9.79. The van der Waals surface area contributed by atoms with Gasteiger partial charge in [-0.25, -0.2) is 4.98 Å². The predicted octanol–water partition coefficient (Wildman–Crippen LogP) is 3.59. The summed E-state index contributed by atoms with van der Waals surface area (Å²) in [7, 11) is 0. The molecule has 0 saturated carbocycles. The van der Waals surface area contributed by atoms with Gasteiger partial charge in [-0.15, -0.1) is 12.4 Å². The molecule has 7 nitrogen and oxygen atoms in total. The van der Waals surface area contributed by atoms with E-state index in [1.807, 2.05) is 37.3 Å². The monoisotopic (exact) mass is 438 g/mol. The lowest BCUT2D eigenvalue weighted by Crippen LogP contribution is -2.42. The van der Waals surface area contributed by atoms with Crippen molar-refractivity contribution in [2.75, 3.05) is 32.9 Å². The number of imidazole rings is 1. The minimum atomic E-state index is -0.0471. The smallest absolute Gasteiger partial charge is 0.260 e. The van der Waals surface area contributed by atoms with Gasteiger partial charge in [-0.3, -0.25) is 4.79 Å². The standard InChI is InChI=1S/C23H22N4O3.ClH/c1-16-2-7-20-21(12-16)26-23(25-20)18(14-24)13-17-3-5-19(6-4-17)30-15-22(28)27-8-10-29-11-9-27;/h2-7,12-13H,8-11,15H2,1H3,(H,25,26);1H/b18-13+;. The molecule has 1 fully saturated rings. The first-order chi connectivity index (χ1) is 14.6. The number of amides is 1. The second-order valence-electron chi connectivity index (χ2n) is 7.13. The summed E-state index contributed by atoms with van der Waals surface area (Å²) in [6, 6.07) is 15.4. The Hall–Kier alpha value is -3.34. The number of rotatable bonds is 5. The van der Waals surface area contributed by atoms with E-state index in [1.54, 1.807) is 23.1 Å². The zero-order chi connectivity index (χ0) is 20.9. The number of aromatic nitrogens is 2. The van der Waals surface area contributed by atoms with Crippen LogP contribution in [0.25, 0.3) is 22.7 Å². The Morgan fingerprint density at radius 2 is 2.00 bits per heavy atom. The van der Waals surface area contributed by atoms with Crippen molar-refractivity contribution in [1.29, 1.82) is 5.26 Å². The quantitative estimate of drug-likeness (QED) is 0.614. The Morgan fingerprint density at radius 3 is 2.71 bits per heavy atom. The van der Waals surface area contributed by atoms with Crippen LogP contribution in [0.4, 0.5) is 0 Å². The van der Waals surface area contributed by atoms with Crippen molar-refractivity contribution < 1.29 is 14.3 Å². The number of hydrogen-bond donors (Lipinski definition) is 1. The average molecular weight is 439 g/mol. The lowest BCUT2D eigenvalue weighted by molar-refractivity contribution is -0.137. The average Bonchev–Trinajstić information content (AvgIpc) is 3.20. The van der Waals surface area contributed by atoms with Gasteiger partial charge in [0.1, 0.15) is 17.6 Å². The number of carbonyl (C=O) groups is 1. The van der Waals surface area contributed by atoms with Crippen LogP contribution in [-0.2, 0) is 9.53 Å². The summed E-state index contributed by atoms with van der Waals surface area (Å²) in [5, 5.41) is 9.59. The molecule has 1 saturated heterocycles. The van der Waals surface area contributed by atoms with Gasteiger partial charge >= 0.3 is 0 Å². The molecular formula is C23H23ClN4O3. The van der Waals surface area contributed by atoms with E-state index in [0.29, 0.717) is 43.5 Å². The Bertz CT molecular complexity index is 1130. The normalized spacial score (nSPS) is 14.1. The van der Waals surface area contributed by atoms with E-state index in [4.69, 9.17) is 9.47 Å². The van der Waals surface area contributed by atoms with E-state index in [9.17, 15) is 10.1 Å². The Morgan fingerprint density at radius 1 is 1.26 bits per heavy atom. The maximum absolute atomic E-state index is 12.2. The second kappa shape index (κ2) is 10.1. The number of halogens is 1. The number of hydrogen-bond acceptors (Lipinski definition) is 5. The maximum Gasteiger partial charge on any atom is 0.260 e. The number of benzene rings is 2. The molecule has 160 valence electrons. The van der Waals surface area contributed by atoms with E-state index >= 15 is 0 Å². The summed E-state index contributed by atoms with van der Waals surface area (Å²) >= 11 is 0. The highest BCUT2D eigenvalue weighted by atomic mass is 35.5. The largest absolute Gasteiger partial charge is 0.484 e. The van der Waals surface area contributed by atoms with Gasteiger partial charge in [-0.05, 0) is 48.4 Å². The van der Waals surface area contributed by atoms with Crippen LogP contribution in [0.1, 0.15) is 17.0 Å². The minimum Gasteiger partial charge on any atom is -0.484 e. The van der Waals surface area contributed by atoms with E-state index in [2.05, 4.69) is 16.0 Å². The van der Waals surface area contributed by atoms with Crippen molar-refractivity contribution in [2.45, 2.75) is 6.92 Å². The predicted molar refractivity (Wildman–Crippen MR) is 121 cm³/mol. The molecule has 1 aromatic heterocycles. The lowest BCUT2D eigenvalue weighted by atomic mass is 10.1. The van der Waals surface area contributed by atoms with Gasteiger partial charge in [0.15, 0.2) is 6.61 Å².